The summed E-state index contributed by atoms with van der Waals surface area (Å²) in [4.78, 5) is 10.9. The van der Waals surface area contributed by atoms with E-state index in [0.717, 1.165) is 44.3 Å². The van der Waals surface area contributed by atoms with E-state index in [1.54, 1.807) is 6.20 Å². The molecule has 1 fully saturated rings. The molecule has 2 heterocycles. The van der Waals surface area contributed by atoms with E-state index >= 15 is 0 Å². The first-order valence-electron chi connectivity index (χ1n) is 7.00. The van der Waals surface area contributed by atoms with E-state index < -0.39 is 0 Å². The fourth-order valence-electron chi connectivity index (χ4n) is 2.30. The summed E-state index contributed by atoms with van der Waals surface area (Å²) in [5, 5.41) is 3.42. The van der Waals surface area contributed by atoms with Crippen LogP contribution < -0.4 is 5.32 Å². The number of ether oxygens (including phenoxy) is 1. The zero-order chi connectivity index (χ0) is 13.7. The number of morpholine rings is 1. The normalized spacial score (nSPS) is 20.9. The van der Waals surface area contributed by atoms with E-state index in [1.165, 1.54) is 0 Å². The third kappa shape index (κ3) is 4.53. The van der Waals surface area contributed by atoms with Gasteiger partial charge in [-0.15, -0.1) is 0 Å². The standard InChI is InChI=1S/C14H24N4O/c1-11(2)18-6-7-19-14(10-18)9-15-8-13-4-5-16-12(3)17-13/h4-5,11,14-15H,6-10H2,1-3H3. The van der Waals surface area contributed by atoms with Gasteiger partial charge in [0.2, 0.25) is 0 Å². The van der Waals surface area contributed by atoms with Crippen LogP contribution >= 0.6 is 0 Å². The molecule has 0 aliphatic carbocycles. The van der Waals surface area contributed by atoms with Gasteiger partial charge in [0, 0.05) is 38.4 Å². The van der Waals surface area contributed by atoms with Crippen LogP contribution in [0.3, 0.4) is 0 Å². The van der Waals surface area contributed by atoms with E-state index in [4.69, 9.17) is 4.74 Å². The monoisotopic (exact) mass is 264 g/mol. The molecular formula is C14H24N4O. The predicted molar refractivity (Wildman–Crippen MR) is 74.9 cm³/mol. The highest BCUT2D eigenvalue weighted by Crippen LogP contribution is 2.08. The van der Waals surface area contributed by atoms with Crippen molar-refractivity contribution in [2.75, 3.05) is 26.2 Å². The molecule has 0 bridgehead atoms. The molecule has 1 saturated heterocycles. The summed E-state index contributed by atoms with van der Waals surface area (Å²) >= 11 is 0. The summed E-state index contributed by atoms with van der Waals surface area (Å²) in [5.74, 6) is 0.819. The van der Waals surface area contributed by atoms with Crippen molar-refractivity contribution >= 4 is 0 Å². The Bertz CT molecular complexity index is 397. The molecule has 1 aromatic rings. The lowest BCUT2D eigenvalue weighted by atomic mass is 10.2. The summed E-state index contributed by atoms with van der Waals surface area (Å²) in [7, 11) is 0. The molecule has 2 rings (SSSR count). The van der Waals surface area contributed by atoms with Crippen molar-refractivity contribution in [2.24, 2.45) is 0 Å². The van der Waals surface area contributed by atoms with E-state index in [2.05, 4.69) is 34.0 Å². The maximum Gasteiger partial charge on any atom is 0.125 e. The second-order valence-electron chi connectivity index (χ2n) is 5.31. The van der Waals surface area contributed by atoms with Crippen LogP contribution in [0.1, 0.15) is 25.4 Å². The van der Waals surface area contributed by atoms with Crippen LogP contribution in [-0.4, -0.2) is 53.3 Å². The van der Waals surface area contributed by atoms with Crippen LogP contribution in [-0.2, 0) is 11.3 Å². The van der Waals surface area contributed by atoms with E-state index in [0.29, 0.717) is 6.04 Å². The Hall–Kier alpha value is -1.04. The summed E-state index contributed by atoms with van der Waals surface area (Å²) < 4.78 is 5.78. The summed E-state index contributed by atoms with van der Waals surface area (Å²) in [6.07, 6.45) is 2.08. The lowest BCUT2D eigenvalue weighted by Crippen LogP contribution is -2.49. The Balaban J connectivity index is 1.73. The molecule has 1 aromatic heterocycles. The molecule has 0 radical (unpaired) electrons. The minimum atomic E-state index is 0.277. The Kier molecular flexibility index (Phi) is 5.24. The highest BCUT2D eigenvalue weighted by atomic mass is 16.5. The molecule has 106 valence electrons. The van der Waals surface area contributed by atoms with Crippen LogP contribution in [0.2, 0.25) is 0 Å². The molecule has 5 heteroatoms. The summed E-state index contributed by atoms with van der Waals surface area (Å²) in [6, 6.07) is 2.54. The van der Waals surface area contributed by atoms with Crippen LogP contribution in [0.25, 0.3) is 0 Å². The number of aryl methyl sites for hydroxylation is 1. The first kappa shape index (κ1) is 14.4. The lowest BCUT2D eigenvalue weighted by molar-refractivity contribution is -0.0372. The third-order valence-electron chi connectivity index (χ3n) is 3.41. The average Bonchev–Trinajstić information content (AvgIpc) is 2.39. The van der Waals surface area contributed by atoms with Gasteiger partial charge in [0.1, 0.15) is 5.82 Å². The first-order chi connectivity index (χ1) is 9.15. The van der Waals surface area contributed by atoms with Crippen molar-refractivity contribution in [3.63, 3.8) is 0 Å². The number of hydrogen-bond donors (Lipinski definition) is 1. The molecule has 1 aliphatic rings. The second-order valence-corrected chi connectivity index (χ2v) is 5.31. The number of aromatic nitrogens is 2. The first-order valence-corrected chi connectivity index (χ1v) is 7.00. The van der Waals surface area contributed by atoms with Gasteiger partial charge in [-0.25, -0.2) is 9.97 Å². The van der Waals surface area contributed by atoms with Crippen molar-refractivity contribution in [3.05, 3.63) is 23.8 Å². The van der Waals surface area contributed by atoms with Gasteiger partial charge in [0.05, 0.1) is 18.4 Å². The largest absolute Gasteiger partial charge is 0.374 e. The number of nitrogens with one attached hydrogen (secondary N) is 1. The minimum absolute atomic E-state index is 0.277. The maximum absolute atomic E-state index is 5.78. The highest BCUT2D eigenvalue weighted by molar-refractivity contribution is 5.01. The molecule has 1 aliphatic heterocycles. The maximum atomic E-state index is 5.78. The zero-order valence-corrected chi connectivity index (χ0v) is 12.1. The molecule has 1 unspecified atom stereocenters. The van der Waals surface area contributed by atoms with E-state index in [9.17, 15) is 0 Å². The molecule has 1 atom stereocenters. The topological polar surface area (TPSA) is 50.3 Å². The number of hydrogen-bond acceptors (Lipinski definition) is 5. The molecular weight excluding hydrogens is 240 g/mol. The van der Waals surface area contributed by atoms with Gasteiger partial charge in [0.15, 0.2) is 0 Å². The van der Waals surface area contributed by atoms with E-state index in [-0.39, 0.29) is 6.10 Å². The second kappa shape index (κ2) is 6.93. The van der Waals surface area contributed by atoms with Crippen molar-refractivity contribution in [2.45, 2.75) is 39.5 Å². The van der Waals surface area contributed by atoms with Crippen LogP contribution in [0.4, 0.5) is 0 Å². The SMILES string of the molecule is Cc1nccc(CNCC2CN(C(C)C)CCO2)n1. The molecule has 5 nitrogen and oxygen atoms in total. The fourth-order valence-corrected chi connectivity index (χ4v) is 2.30. The Labute approximate surface area is 115 Å². The van der Waals surface area contributed by atoms with Crippen molar-refractivity contribution in [1.29, 1.82) is 0 Å². The van der Waals surface area contributed by atoms with Gasteiger partial charge in [-0.05, 0) is 26.8 Å². The quantitative estimate of drug-likeness (QED) is 0.859. The highest BCUT2D eigenvalue weighted by Gasteiger charge is 2.21. The fraction of sp³-hybridized carbons (Fsp3) is 0.714. The van der Waals surface area contributed by atoms with Crippen LogP contribution in [0, 0.1) is 6.92 Å². The van der Waals surface area contributed by atoms with Gasteiger partial charge in [-0.1, -0.05) is 0 Å². The Morgan fingerprint density at radius 2 is 2.37 bits per heavy atom. The van der Waals surface area contributed by atoms with Crippen LogP contribution in [0.15, 0.2) is 12.3 Å². The Morgan fingerprint density at radius 1 is 1.53 bits per heavy atom. The van der Waals surface area contributed by atoms with Gasteiger partial charge in [0.25, 0.3) is 0 Å². The predicted octanol–water partition coefficient (Wildman–Crippen LogP) is 0.984. The zero-order valence-electron chi connectivity index (χ0n) is 12.1. The minimum Gasteiger partial charge on any atom is -0.374 e. The van der Waals surface area contributed by atoms with Crippen molar-refractivity contribution in [1.82, 2.24) is 20.2 Å². The molecule has 0 aromatic carbocycles. The molecule has 0 saturated carbocycles. The molecule has 1 N–H and O–H groups in total. The van der Waals surface area contributed by atoms with Gasteiger partial charge in [-0.3, -0.25) is 4.90 Å². The summed E-state index contributed by atoms with van der Waals surface area (Å²) in [5.41, 5.74) is 1.03. The van der Waals surface area contributed by atoms with Gasteiger partial charge < -0.3 is 10.1 Å². The van der Waals surface area contributed by atoms with Crippen LogP contribution in [0.5, 0.6) is 0 Å². The molecule has 19 heavy (non-hydrogen) atoms. The third-order valence-corrected chi connectivity index (χ3v) is 3.41. The van der Waals surface area contributed by atoms with Crippen molar-refractivity contribution in [3.8, 4) is 0 Å². The molecule has 0 amide bonds. The summed E-state index contributed by atoms with van der Waals surface area (Å²) in [6.45, 7) is 10.9. The Morgan fingerprint density at radius 3 is 3.11 bits per heavy atom. The van der Waals surface area contributed by atoms with Gasteiger partial charge in [-0.2, -0.15) is 0 Å². The average molecular weight is 264 g/mol. The lowest BCUT2D eigenvalue weighted by Gasteiger charge is -2.35. The van der Waals surface area contributed by atoms with Gasteiger partial charge >= 0.3 is 0 Å². The smallest absolute Gasteiger partial charge is 0.125 e. The number of rotatable bonds is 5. The van der Waals surface area contributed by atoms with E-state index in [1.807, 2.05) is 13.0 Å². The number of nitrogens with zero attached hydrogens (tertiary/aromatic N) is 3. The molecule has 0 spiro atoms. The van der Waals surface area contributed by atoms with Crippen molar-refractivity contribution < 1.29 is 4.74 Å².